The molecule has 0 saturated carbocycles. The molecule has 5 nitrogen and oxygen atoms in total. The number of hydrogen-bond acceptors (Lipinski definition) is 5. The summed E-state index contributed by atoms with van der Waals surface area (Å²) in [7, 11) is 0. The molecule has 4 rings (SSSR count). The highest BCUT2D eigenvalue weighted by Gasteiger charge is 2.14. The summed E-state index contributed by atoms with van der Waals surface area (Å²) in [6.07, 6.45) is 7.30. The number of aliphatic hydroxyl groups excluding tert-OH is 1. The molecule has 4 aromatic rings. The Morgan fingerprint density at radius 1 is 0.864 bits per heavy atom. The molecule has 0 amide bonds. The standard InChI is InChI=1S/C38H45FN4O/c1-7-31(16-17-44)25-42(23-29(5)32-10-8-26(2)9-11-32)24-30(6)43(39)36-14-12-33(13-15-36)37-21-35(22-41-38(37)40)34-19-27(3)18-28(4)20-34/h8-15,18-24,31,44H,7,16-17,25H2,1-6H3,(H2,40,41)/b29-23+,30-24+. The van der Waals surface area contributed by atoms with Crippen molar-refractivity contribution in [2.45, 2.75) is 54.4 Å². The van der Waals surface area contributed by atoms with Gasteiger partial charge in [0.2, 0.25) is 0 Å². The normalized spacial score (nSPS) is 12.7. The maximum absolute atomic E-state index is 15.8. The third kappa shape index (κ3) is 8.35. The van der Waals surface area contributed by atoms with Gasteiger partial charge in [0, 0.05) is 42.9 Å². The monoisotopic (exact) mass is 592 g/mol. The van der Waals surface area contributed by atoms with Gasteiger partial charge >= 0.3 is 0 Å². The predicted molar refractivity (Wildman–Crippen MR) is 183 cm³/mol. The van der Waals surface area contributed by atoms with Crippen LogP contribution in [-0.2, 0) is 0 Å². The fourth-order valence-electron chi connectivity index (χ4n) is 5.46. The van der Waals surface area contributed by atoms with Crippen molar-refractivity contribution in [3.8, 4) is 22.3 Å². The molecule has 0 aliphatic carbocycles. The van der Waals surface area contributed by atoms with Crippen molar-refractivity contribution >= 4 is 17.1 Å². The van der Waals surface area contributed by atoms with Crippen LogP contribution in [0.1, 0.15) is 55.9 Å². The number of nitrogens with zero attached hydrogens (tertiary/aromatic N) is 3. The zero-order valence-electron chi connectivity index (χ0n) is 26.8. The van der Waals surface area contributed by atoms with E-state index in [1.807, 2.05) is 29.3 Å². The summed E-state index contributed by atoms with van der Waals surface area (Å²) in [5, 5.41) is 10.3. The largest absolute Gasteiger partial charge is 0.396 e. The minimum Gasteiger partial charge on any atom is -0.396 e. The van der Waals surface area contributed by atoms with Crippen LogP contribution in [0.4, 0.5) is 16.0 Å². The number of anilines is 2. The van der Waals surface area contributed by atoms with E-state index in [1.54, 1.807) is 25.3 Å². The predicted octanol–water partition coefficient (Wildman–Crippen LogP) is 9.25. The summed E-state index contributed by atoms with van der Waals surface area (Å²) in [5.41, 5.74) is 16.7. The van der Waals surface area contributed by atoms with E-state index in [2.05, 4.69) is 88.3 Å². The maximum Gasteiger partial charge on any atom is 0.131 e. The van der Waals surface area contributed by atoms with Gasteiger partial charge in [-0.1, -0.05) is 89.1 Å². The lowest BCUT2D eigenvalue weighted by Gasteiger charge is -2.25. The van der Waals surface area contributed by atoms with E-state index in [0.717, 1.165) is 39.8 Å². The average molecular weight is 593 g/mol. The van der Waals surface area contributed by atoms with Crippen LogP contribution in [0, 0.1) is 26.7 Å². The molecular weight excluding hydrogens is 547 g/mol. The highest BCUT2D eigenvalue weighted by Crippen LogP contribution is 2.32. The number of benzene rings is 3. The van der Waals surface area contributed by atoms with Crippen LogP contribution in [-0.4, -0.2) is 28.1 Å². The van der Waals surface area contributed by atoms with E-state index in [-0.39, 0.29) is 12.5 Å². The number of aromatic nitrogens is 1. The molecule has 0 radical (unpaired) electrons. The number of nitrogen functional groups attached to an aromatic ring is 1. The van der Waals surface area contributed by atoms with E-state index in [0.29, 0.717) is 35.3 Å². The number of halogens is 1. The van der Waals surface area contributed by atoms with Crippen molar-refractivity contribution < 1.29 is 9.59 Å². The Hall–Kier alpha value is -4.42. The summed E-state index contributed by atoms with van der Waals surface area (Å²) in [6.45, 7) is 13.0. The highest BCUT2D eigenvalue weighted by atomic mass is 19.2. The molecule has 1 aromatic heterocycles. The molecule has 3 N–H and O–H groups in total. The second-order valence-corrected chi connectivity index (χ2v) is 11.8. The van der Waals surface area contributed by atoms with Crippen LogP contribution in [0.5, 0.6) is 0 Å². The molecule has 3 aromatic carbocycles. The van der Waals surface area contributed by atoms with Crippen molar-refractivity contribution in [1.82, 2.24) is 9.88 Å². The van der Waals surface area contributed by atoms with Crippen LogP contribution in [0.2, 0.25) is 0 Å². The smallest absolute Gasteiger partial charge is 0.131 e. The number of rotatable bonds is 12. The molecule has 0 fully saturated rings. The Morgan fingerprint density at radius 3 is 2.14 bits per heavy atom. The molecule has 0 aliphatic heterocycles. The summed E-state index contributed by atoms with van der Waals surface area (Å²) in [4.78, 5) is 6.50. The third-order valence-electron chi connectivity index (χ3n) is 7.99. The molecular formula is C38H45FN4O. The molecule has 1 unspecified atom stereocenters. The Bertz CT molecular complexity index is 1590. The van der Waals surface area contributed by atoms with Gasteiger partial charge in [0.05, 0.1) is 11.4 Å². The molecule has 0 saturated heterocycles. The first-order valence-electron chi connectivity index (χ1n) is 15.3. The second-order valence-electron chi connectivity index (χ2n) is 11.8. The van der Waals surface area contributed by atoms with Crippen LogP contribution >= 0.6 is 0 Å². The minimum atomic E-state index is 0.130. The molecule has 0 bridgehead atoms. The summed E-state index contributed by atoms with van der Waals surface area (Å²) < 4.78 is 15.8. The first-order valence-corrected chi connectivity index (χ1v) is 15.3. The topological polar surface area (TPSA) is 65.6 Å². The first kappa shape index (κ1) is 32.5. The van der Waals surface area contributed by atoms with E-state index in [9.17, 15) is 5.11 Å². The number of nitrogens with two attached hydrogens (primary N) is 1. The molecule has 1 heterocycles. The van der Waals surface area contributed by atoms with E-state index in [4.69, 9.17) is 5.73 Å². The van der Waals surface area contributed by atoms with Crippen molar-refractivity contribution in [2.75, 3.05) is 24.0 Å². The van der Waals surface area contributed by atoms with Gasteiger partial charge in [0.1, 0.15) is 5.82 Å². The van der Waals surface area contributed by atoms with Crippen molar-refractivity contribution in [3.63, 3.8) is 0 Å². The lowest BCUT2D eigenvalue weighted by Crippen LogP contribution is -2.23. The Kier molecular flexibility index (Phi) is 11.0. The molecule has 6 heteroatoms. The molecule has 1 atom stereocenters. The van der Waals surface area contributed by atoms with Crippen LogP contribution < -0.4 is 10.9 Å². The minimum absolute atomic E-state index is 0.130. The SMILES string of the molecule is CCC(CCO)CN(/C=C(\C)c1ccc(C)cc1)/C=C(\C)N(F)c1ccc(-c2cc(-c3cc(C)cc(C)c3)cnc2N)cc1. The van der Waals surface area contributed by atoms with Crippen LogP contribution in [0.3, 0.4) is 0 Å². The zero-order chi connectivity index (χ0) is 31.8. The Morgan fingerprint density at radius 2 is 1.52 bits per heavy atom. The third-order valence-corrected chi connectivity index (χ3v) is 7.99. The van der Waals surface area contributed by atoms with E-state index >= 15 is 4.48 Å². The highest BCUT2D eigenvalue weighted by molar-refractivity contribution is 5.80. The lowest BCUT2D eigenvalue weighted by molar-refractivity contribution is 0.238. The van der Waals surface area contributed by atoms with E-state index < -0.39 is 0 Å². The first-order chi connectivity index (χ1) is 21.1. The zero-order valence-corrected chi connectivity index (χ0v) is 26.8. The summed E-state index contributed by atoms with van der Waals surface area (Å²) >= 11 is 0. The number of aryl methyl sites for hydroxylation is 3. The summed E-state index contributed by atoms with van der Waals surface area (Å²) in [5.74, 6) is 0.704. The Labute approximate surface area is 262 Å². The number of allylic oxidation sites excluding steroid dienone is 2. The molecule has 0 aliphatic rings. The quantitative estimate of drug-likeness (QED) is 0.161. The van der Waals surface area contributed by atoms with Crippen LogP contribution in [0.15, 0.2) is 97.1 Å². The summed E-state index contributed by atoms with van der Waals surface area (Å²) in [6, 6.07) is 24.1. The van der Waals surface area contributed by atoms with E-state index in [1.165, 1.54) is 16.7 Å². The number of pyridine rings is 1. The molecule has 230 valence electrons. The number of hydrogen-bond donors (Lipinski definition) is 2. The van der Waals surface area contributed by atoms with Gasteiger partial charge in [-0.05, 0) is 87.4 Å². The van der Waals surface area contributed by atoms with Gasteiger partial charge < -0.3 is 15.7 Å². The van der Waals surface area contributed by atoms with Gasteiger partial charge in [-0.3, -0.25) is 0 Å². The van der Waals surface area contributed by atoms with Crippen molar-refractivity contribution in [1.29, 1.82) is 0 Å². The lowest BCUT2D eigenvalue weighted by atomic mass is 9.98. The van der Waals surface area contributed by atoms with Gasteiger partial charge in [0.25, 0.3) is 0 Å². The van der Waals surface area contributed by atoms with Crippen LogP contribution in [0.25, 0.3) is 27.8 Å². The fraction of sp³-hybridized carbons (Fsp3) is 0.289. The van der Waals surface area contributed by atoms with Gasteiger partial charge in [-0.2, -0.15) is 5.12 Å². The van der Waals surface area contributed by atoms with Crippen molar-refractivity contribution in [2.24, 2.45) is 5.92 Å². The second kappa shape index (κ2) is 14.8. The maximum atomic E-state index is 15.8. The van der Waals surface area contributed by atoms with Gasteiger partial charge in [0.15, 0.2) is 0 Å². The molecule has 0 spiro atoms. The van der Waals surface area contributed by atoms with Gasteiger partial charge in [-0.25, -0.2) is 4.98 Å². The Balaban J connectivity index is 1.59. The fourth-order valence-corrected chi connectivity index (χ4v) is 5.46. The number of aliphatic hydroxyl groups is 1. The van der Waals surface area contributed by atoms with Gasteiger partial charge in [-0.15, -0.1) is 0 Å². The molecule has 44 heavy (non-hydrogen) atoms. The van der Waals surface area contributed by atoms with Crippen molar-refractivity contribution in [3.05, 3.63) is 119 Å². The average Bonchev–Trinajstić information content (AvgIpc) is 3.00.